The van der Waals surface area contributed by atoms with Crippen LogP contribution in [-0.2, 0) is 6.42 Å². The average molecular weight is 415 g/mol. The molecule has 2 aliphatic rings. The third-order valence-corrected chi connectivity index (χ3v) is 5.84. The van der Waals surface area contributed by atoms with Gasteiger partial charge in [-0.05, 0) is 84.3 Å². The lowest BCUT2D eigenvalue weighted by atomic mass is 10.0. The highest BCUT2D eigenvalue weighted by Gasteiger charge is 2.07. The Bertz CT molecular complexity index is 1550. The van der Waals surface area contributed by atoms with Crippen molar-refractivity contribution in [3.63, 3.8) is 0 Å². The van der Waals surface area contributed by atoms with Crippen molar-refractivity contribution in [1.82, 2.24) is 19.9 Å². The van der Waals surface area contributed by atoms with E-state index in [1.165, 1.54) is 11.1 Å². The van der Waals surface area contributed by atoms with E-state index in [1.807, 2.05) is 18.2 Å². The zero-order valence-electron chi connectivity index (χ0n) is 17.8. The summed E-state index contributed by atoms with van der Waals surface area (Å²) >= 11 is 0. The van der Waals surface area contributed by atoms with Crippen molar-refractivity contribution in [3.05, 3.63) is 95.1 Å². The number of H-pyrrole nitrogens is 2. The summed E-state index contributed by atoms with van der Waals surface area (Å²) in [7, 11) is 0. The second kappa shape index (κ2) is 7.50. The first-order valence-electron chi connectivity index (χ1n) is 10.9. The van der Waals surface area contributed by atoms with Crippen molar-refractivity contribution in [3.8, 4) is 11.1 Å². The predicted molar refractivity (Wildman–Crippen MR) is 134 cm³/mol. The Morgan fingerprint density at radius 3 is 1.75 bits per heavy atom. The van der Waals surface area contributed by atoms with Gasteiger partial charge in [-0.15, -0.1) is 0 Å². The number of aryl methyl sites for hydroxylation is 1. The molecule has 0 saturated carbocycles. The van der Waals surface area contributed by atoms with Crippen molar-refractivity contribution in [2.45, 2.75) is 13.3 Å². The third-order valence-electron chi connectivity index (χ3n) is 5.84. The summed E-state index contributed by atoms with van der Waals surface area (Å²) < 4.78 is 0. The highest BCUT2D eigenvalue weighted by atomic mass is 14.8. The van der Waals surface area contributed by atoms with Gasteiger partial charge in [0.25, 0.3) is 0 Å². The second-order valence-electron chi connectivity index (χ2n) is 8.14. The molecule has 0 amide bonds. The number of aromatic nitrogens is 4. The van der Waals surface area contributed by atoms with E-state index in [4.69, 9.17) is 9.97 Å². The quantitative estimate of drug-likeness (QED) is 0.324. The minimum atomic E-state index is 0.926. The molecule has 0 spiro atoms. The van der Waals surface area contributed by atoms with Crippen LogP contribution in [0.5, 0.6) is 0 Å². The van der Waals surface area contributed by atoms with Gasteiger partial charge in [0.1, 0.15) is 0 Å². The van der Waals surface area contributed by atoms with Gasteiger partial charge >= 0.3 is 0 Å². The molecule has 154 valence electrons. The molecule has 0 unspecified atom stereocenters. The number of aromatic amines is 2. The highest BCUT2D eigenvalue weighted by molar-refractivity contribution is 5.87. The lowest BCUT2D eigenvalue weighted by Crippen LogP contribution is -1.81. The lowest BCUT2D eigenvalue weighted by Gasteiger charge is -2.01. The van der Waals surface area contributed by atoms with Gasteiger partial charge in [-0.2, -0.15) is 0 Å². The van der Waals surface area contributed by atoms with Gasteiger partial charge < -0.3 is 9.97 Å². The van der Waals surface area contributed by atoms with Crippen molar-refractivity contribution in [2.24, 2.45) is 0 Å². The molecule has 1 aromatic carbocycles. The first kappa shape index (κ1) is 18.6. The minimum absolute atomic E-state index is 0.926. The Labute approximate surface area is 186 Å². The molecule has 5 heterocycles. The van der Waals surface area contributed by atoms with E-state index in [2.05, 4.69) is 89.7 Å². The largest absolute Gasteiger partial charge is 0.355 e. The van der Waals surface area contributed by atoms with Crippen LogP contribution < -0.4 is 0 Å². The van der Waals surface area contributed by atoms with Gasteiger partial charge in [-0.25, -0.2) is 9.97 Å². The number of fused-ring (bicyclic) bond motifs is 8. The molecule has 0 saturated heterocycles. The summed E-state index contributed by atoms with van der Waals surface area (Å²) in [6, 6.07) is 23.4. The van der Waals surface area contributed by atoms with E-state index in [1.54, 1.807) is 0 Å². The standard InChI is InChI=1S/C28H22N4/c1-2-18-3-5-19(6-4-18)27-16-26-15-24-10-9-22(30-24)13-20-7-8-21(29-20)14-23-11-12-25(31-23)17-28(27)32-26/h3-17,29,32H,2H2,1H3. The molecule has 4 nitrogen and oxygen atoms in total. The molecule has 0 radical (unpaired) electrons. The Kier molecular flexibility index (Phi) is 4.36. The molecule has 3 aromatic heterocycles. The molecule has 0 atom stereocenters. The summed E-state index contributed by atoms with van der Waals surface area (Å²) in [5.41, 5.74) is 11.5. The molecule has 4 heteroatoms. The van der Waals surface area contributed by atoms with Gasteiger partial charge in [-0.3, -0.25) is 0 Å². The topological polar surface area (TPSA) is 57.4 Å². The molecule has 8 bridgehead atoms. The fourth-order valence-electron chi connectivity index (χ4n) is 4.18. The summed E-state index contributed by atoms with van der Waals surface area (Å²) in [4.78, 5) is 16.5. The van der Waals surface area contributed by atoms with Crippen LogP contribution in [0.3, 0.4) is 0 Å². The maximum absolute atomic E-state index is 4.80. The number of hydrogen-bond acceptors (Lipinski definition) is 2. The van der Waals surface area contributed by atoms with Crippen LogP contribution in [0.15, 0.2) is 66.7 Å². The molecular formula is C28H22N4. The SMILES string of the molecule is CCc1ccc(-c2cc3cc4nc(cc5ccc(cc6nc(cc2[nH]3)C=C6)[nH]5)C=C4)cc1. The normalized spacial score (nSPS) is 12.4. The van der Waals surface area contributed by atoms with Crippen LogP contribution in [0.25, 0.3) is 57.5 Å². The van der Waals surface area contributed by atoms with E-state index in [-0.39, 0.29) is 0 Å². The molecule has 4 aromatic rings. The molecule has 32 heavy (non-hydrogen) atoms. The molecule has 2 N–H and O–H groups in total. The first-order valence-corrected chi connectivity index (χ1v) is 10.9. The van der Waals surface area contributed by atoms with Gasteiger partial charge in [0.05, 0.1) is 22.8 Å². The average Bonchev–Trinajstić information content (AvgIpc) is 3.59. The number of nitrogens with zero attached hydrogens (tertiary/aromatic N) is 2. The van der Waals surface area contributed by atoms with Crippen LogP contribution in [0.2, 0.25) is 0 Å². The van der Waals surface area contributed by atoms with Crippen molar-refractivity contribution in [2.75, 3.05) is 0 Å². The maximum atomic E-state index is 4.80. The zero-order chi connectivity index (χ0) is 21.5. The molecule has 6 rings (SSSR count). The van der Waals surface area contributed by atoms with Gasteiger partial charge in [0.15, 0.2) is 0 Å². The number of benzene rings is 1. The van der Waals surface area contributed by atoms with E-state index < -0.39 is 0 Å². The minimum Gasteiger partial charge on any atom is -0.355 e. The highest BCUT2D eigenvalue weighted by Crippen LogP contribution is 2.28. The zero-order valence-corrected chi connectivity index (χ0v) is 17.8. The Balaban J connectivity index is 1.64. The van der Waals surface area contributed by atoms with Crippen LogP contribution in [0.1, 0.15) is 35.3 Å². The second-order valence-corrected chi connectivity index (χ2v) is 8.14. The summed E-state index contributed by atoms with van der Waals surface area (Å²) in [5.74, 6) is 0. The van der Waals surface area contributed by atoms with E-state index in [0.29, 0.717) is 0 Å². The maximum Gasteiger partial charge on any atom is 0.0658 e. The van der Waals surface area contributed by atoms with Gasteiger partial charge in [-0.1, -0.05) is 31.2 Å². The Morgan fingerprint density at radius 1 is 0.594 bits per heavy atom. The molecule has 2 aliphatic heterocycles. The third kappa shape index (κ3) is 3.56. The number of nitrogens with one attached hydrogen (secondary N) is 2. The van der Waals surface area contributed by atoms with Crippen molar-refractivity contribution in [1.29, 1.82) is 0 Å². The molecule has 0 aliphatic carbocycles. The lowest BCUT2D eigenvalue weighted by molar-refractivity contribution is 1.14. The van der Waals surface area contributed by atoms with Crippen LogP contribution >= 0.6 is 0 Å². The first-order chi connectivity index (χ1) is 15.7. The van der Waals surface area contributed by atoms with Crippen LogP contribution in [0.4, 0.5) is 0 Å². The number of hydrogen-bond donors (Lipinski definition) is 2. The summed E-state index contributed by atoms with van der Waals surface area (Å²) in [6.45, 7) is 2.18. The van der Waals surface area contributed by atoms with E-state index in [0.717, 1.165) is 56.8 Å². The fraction of sp³-hybridized carbons (Fsp3) is 0.0714. The molecule has 0 fully saturated rings. The molecular weight excluding hydrogens is 392 g/mol. The smallest absolute Gasteiger partial charge is 0.0658 e. The Hall–Kier alpha value is -4.18. The fourth-order valence-corrected chi connectivity index (χ4v) is 4.18. The predicted octanol–water partition coefficient (Wildman–Crippen LogP) is 6.89. The van der Waals surface area contributed by atoms with Gasteiger partial charge in [0.2, 0.25) is 0 Å². The van der Waals surface area contributed by atoms with Crippen LogP contribution in [0, 0.1) is 0 Å². The van der Waals surface area contributed by atoms with E-state index >= 15 is 0 Å². The summed E-state index contributed by atoms with van der Waals surface area (Å²) in [6.07, 6.45) is 9.22. The monoisotopic (exact) mass is 414 g/mol. The van der Waals surface area contributed by atoms with Gasteiger partial charge in [0, 0.05) is 27.6 Å². The van der Waals surface area contributed by atoms with Crippen molar-refractivity contribution >= 4 is 46.4 Å². The van der Waals surface area contributed by atoms with E-state index in [9.17, 15) is 0 Å². The van der Waals surface area contributed by atoms with Crippen molar-refractivity contribution < 1.29 is 0 Å². The number of rotatable bonds is 2. The van der Waals surface area contributed by atoms with Crippen LogP contribution in [-0.4, -0.2) is 19.9 Å². The Morgan fingerprint density at radius 2 is 1.16 bits per heavy atom. The summed E-state index contributed by atoms with van der Waals surface area (Å²) in [5, 5.41) is 0.